The first-order valence-corrected chi connectivity index (χ1v) is 8.69. The standard InChI is InChI=1S/C19H19BrO/c20-16-8-7-15-12-19(18(21)17(15)10-16)9-3-6-13-4-1-2-5-14(13)11-19/h4-5,7-8,10H,1-3,6,9,11-12H2. The molecule has 1 spiro atoms. The fourth-order valence-electron chi connectivity index (χ4n) is 4.29. The van der Waals surface area contributed by atoms with Crippen molar-refractivity contribution in [3.63, 3.8) is 0 Å². The SMILES string of the molecule is O=C1c2cc(Br)ccc2CC12CCCC1=CCCC=C1C2. The van der Waals surface area contributed by atoms with E-state index in [1.54, 1.807) is 0 Å². The van der Waals surface area contributed by atoms with Crippen LogP contribution in [0, 0.1) is 5.41 Å². The molecule has 108 valence electrons. The zero-order valence-electron chi connectivity index (χ0n) is 12.1. The molecule has 1 saturated carbocycles. The third-order valence-electron chi connectivity index (χ3n) is 5.32. The Kier molecular flexibility index (Phi) is 3.18. The number of benzene rings is 1. The van der Waals surface area contributed by atoms with Crippen LogP contribution in [0.5, 0.6) is 0 Å². The van der Waals surface area contributed by atoms with Crippen molar-refractivity contribution in [3.05, 3.63) is 57.1 Å². The monoisotopic (exact) mass is 342 g/mol. The summed E-state index contributed by atoms with van der Waals surface area (Å²) in [5.41, 5.74) is 5.00. The van der Waals surface area contributed by atoms with Crippen LogP contribution in [0.3, 0.4) is 0 Å². The van der Waals surface area contributed by atoms with E-state index < -0.39 is 0 Å². The van der Waals surface area contributed by atoms with Crippen molar-refractivity contribution in [3.8, 4) is 0 Å². The fraction of sp³-hybridized carbons (Fsp3) is 0.421. The van der Waals surface area contributed by atoms with Crippen LogP contribution in [0.4, 0.5) is 0 Å². The minimum atomic E-state index is -0.165. The van der Waals surface area contributed by atoms with Crippen molar-refractivity contribution in [2.45, 2.75) is 44.9 Å². The normalized spacial score (nSPS) is 27.8. The summed E-state index contributed by atoms with van der Waals surface area (Å²) in [6, 6.07) is 6.21. The molecule has 0 heterocycles. The minimum absolute atomic E-state index is 0.165. The summed E-state index contributed by atoms with van der Waals surface area (Å²) in [7, 11) is 0. The van der Waals surface area contributed by atoms with Gasteiger partial charge in [-0.2, -0.15) is 0 Å². The molecule has 4 rings (SSSR count). The summed E-state index contributed by atoms with van der Waals surface area (Å²) in [5.74, 6) is 0.381. The first-order chi connectivity index (χ1) is 10.2. The van der Waals surface area contributed by atoms with E-state index in [9.17, 15) is 4.79 Å². The van der Waals surface area contributed by atoms with E-state index in [0.29, 0.717) is 5.78 Å². The molecule has 3 aliphatic carbocycles. The lowest BCUT2D eigenvalue weighted by Crippen LogP contribution is -2.28. The first-order valence-electron chi connectivity index (χ1n) is 7.90. The van der Waals surface area contributed by atoms with E-state index >= 15 is 0 Å². The molecule has 0 amide bonds. The maximum absolute atomic E-state index is 13.1. The molecule has 0 bridgehead atoms. The van der Waals surface area contributed by atoms with E-state index in [1.807, 2.05) is 6.07 Å². The van der Waals surface area contributed by atoms with E-state index in [-0.39, 0.29) is 5.41 Å². The number of halogens is 1. The van der Waals surface area contributed by atoms with Crippen LogP contribution in [0.25, 0.3) is 0 Å². The van der Waals surface area contributed by atoms with Gasteiger partial charge in [0.2, 0.25) is 0 Å². The summed E-state index contributed by atoms with van der Waals surface area (Å²) in [6.07, 6.45) is 12.3. The third-order valence-corrected chi connectivity index (χ3v) is 5.81. The second-order valence-corrected chi connectivity index (χ2v) is 7.57. The molecule has 1 aromatic rings. The molecule has 1 nitrogen and oxygen atoms in total. The number of hydrogen-bond acceptors (Lipinski definition) is 1. The second-order valence-electron chi connectivity index (χ2n) is 6.65. The molecule has 2 heteroatoms. The van der Waals surface area contributed by atoms with Gasteiger partial charge in [0.05, 0.1) is 0 Å². The Labute approximate surface area is 134 Å². The second kappa shape index (κ2) is 4.95. The molecule has 1 atom stereocenters. The Bertz CT molecular complexity index is 683. The van der Waals surface area contributed by atoms with E-state index in [2.05, 4.69) is 40.2 Å². The molecule has 0 N–H and O–H groups in total. The number of Topliss-reactive ketones (excluding diaryl/α,β-unsaturated/α-hetero) is 1. The van der Waals surface area contributed by atoms with Gasteiger partial charge in [0.1, 0.15) is 0 Å². The summed E-state index contributed by atoms with van der Waals surface area (Å²) >= 11 is 3.50. The number of hydrogen-bond donors (Lipinski definition) is 0. The zero-order chi connectivity index (χ0) is 14.4. The molecule has 0 aliphatic heterocycles. The Morgan fingerprint density at radius 1 is 1.05 bits per heavy atom. The average molecular weight is 343 g/mol. The highest BCUT2D eigenvalue weighted by Gasteiger charge is 2.46. The van der Waals surface area contributed by atoms with Crippen LogP contribution in [0.15, 0.2) is 46.0 Å². The quantitative estimate of drug-likeness (QED) is 0.617. The lowest BCUT2D eigenvalue weighted by molar-refractivity contribution is 0.0805. The lowest BCUT2D eigenvalue weighted by atomic mass is 9.75. The maximum atomic E-state index is 13.1. The van der Waals surface area contributed by atoms with E-state index in [4.69, 9.17) is 0 Å². The number of allylic oxidation sites excluding steroid dienone is 4. The van der Waals surface area contributed by atoms with Gasteiger partial charge in [-0.25, -0.2) is 0 Å². The number of ketones is 1. The van der Waals surface area contributed by atoms with Crippen molar-refractivity contribution in [1.29, 1.82) is 0 Å². The Morgan fingerprint density at radius 3 is 2.71 bits per heavy atom. The van der Waals surface area contributed by atoms with Crippen molar-refractivity contribution in [2.75, 3.05) is 0 Å². The molecule has 0 aromatic heterocycles. The third kappa shape index (κ3) is 2.15. The highest BCUT2D eigenvalue weighted by atomic mass is 79.9. The van der Waals surface area contributed by atoms with Gasteiger partial charge in [-0.1, -0.05) is 34.1 Å². The highest BCUT2D eigenvalue weighted by molar-refractivity contribution is 9.10. The molecule has 1 unspecified atom stereocenters. The van der Waals surface area contributed by atoms with Crippen molar-refractivity contribution >= 4 is 21.7 Å². The predicted octanol–water partition coefficient (Wildman–Crippen LogP) is 5.39. The Hall–Kier alpha value is -1.15. The largest absolute Gasteiger partial charge is 0.294 e. The predicted molar refractivity (Wildman–Crippen MR) is 88.5 cm³/mol. The highest BCUT2D eigenvalue weighted by Crippen LogP contribution is 2.49. The van der Waals surface area contributed by atoms with Crippen LogP contribution >= 0.6 is 15.9 Å². The molecule has 0 radical (unpaired) electrons. The van der Waals surface area contributed by atoms with Gasteiger partial charge in [0, 0.05) is 15.5 Å². The average Bonchev–Trinajstić information content (AvgIpc) is 2.65. The summed E-state index contributed by atoms with van der Waals surface area (Å²) in [4.78, 5) is 13.1. The fourth-order valence-corrected chi connectivity index (χ4v) is 4.65. The summed E-state index contributed by atoms with van der Waals surface area (Å²) in [5, 5.41) is 0. The van der Waals surface area contributed by atoms with Crippen molar-refractivity contribution in [1.82, 2.24) is 0 Å². The first kappa shape index (κ1) is 13.5. The Morgan fingerprint density at radius 2 is 1.86 bits per heavy atom. The van der Waals surface area contributed by atoms with Gasteiger partial charge in [0.15, 0.2) is 5.78 Å². The number of carbonyl (C=O) groups is 1. The van der Waals surface area contributed by atoms with E-state index in [1.165, 1.54) is 23.1 Å². The smallest absolute Gasteiger partial charge is 0.169 e. The topological polar surface area (TPSA) is 17.1 Å². The number of rotatable bonds is 0. The van der Waals surface area contributed by atoms with Gasteiger partial charge < -0.3 is 0 Å². The van der Waals surface area contributed by atoms with Crippen LogP contribution in [-0.4, -0.2) is 5.78 Å². The van der Waals surface area contributed by atoms with Gasteiger partial charge in [-0.05, 0) is 73.8 Å². The van der Waals surface area contributed by atoms with Gasteiger partial charge in [-0.15, -0.1) is 0 Å². The minimum Gasteiger partial charge on any atom is -0.294 e. The van der Waals surface area contributed by atoms with E-state index in [0.717, 1.165) is 48.6 Å². The van der Waals surface area contributed by atoms with Crippen LogP contribution < -0.4 is 0 Å². The maximum Gasteiger partial charge on any atom is 0.169 e. The number of carbonyl (C=O) groups excluding carboxylic acids is 1. The molecule has 0 saturated heterocycles. The van der Waals surface area contributed by atoms with Crippen LogP contribution in [-0.2, 0) is 6.42 Å². The van der Waals surface area contributed by atoms with Crippen LogP contribution in [0.1, 0.15) is 54.4 Å². The van der Waals surface area contributed by atoms with Gasteiger partial charge in [-0.3, -0.25) is 4.79 Å². The molecule has 1 fully saturated rings. The molecule has 1 aromatic carbocycles. The zero-order valence-corrected chi connectivity index (χ0v) is 13.7. The van der Waals surface area contributed by atoms with Crippen molar-refractivity contribution in [2.24, 2.45) is 5.41 Å². The summed E-state index contributed by atoms with van der Waals surface area (Å²) < 4.78 is 1.01. The Balaban J connectivity index is 1.74. The lowest BCUT2D eigenvalue weighted by Gasteiger charge is -2.27. The molecule has 3 aliphatic rings. The van der Waals surface area contributed by atoms with Gasteiger partial charge >= 0.3 is 0 Å². The number of fused-ring (bicyclic) bond motifs is 2. The molecular formula is C19H19BrO. The van der Waals surface area contributed by atoms with Crippen molar-refractivity contribution < 1.29 is 4.79 Å². The summed E-state index contributed by atoms with van der Waals surface area (Å²) in [6.45, 7) is 0. The molecule has 21 heavy (non-hydrogen) atoms. The van der Waals surface area contributed by atoms with Crippen LogP contribution in [0.2, 0.25) is 0 Å². The van der Waals surface area contributed by atoms with Gasteiger partial charge in [0.25, 0.3) is 0 Å². The molecular weight excluding hydrogens is 324 g/mol.